The Morgan fingerprint density at radius 1 is 1.40 bits per heavy atom. The zero-order valence-corrected chi connectivity index (χ0v) is 9.52. The standard InChI is InChI=1S/C10H18N2O3/c1-11(2)9(13)8-5-4-6-12(7-8)10(14)15-3/h8H,4-7H2,1-3H3. The molecule has 1 atom stereocenters. The molecular formula is C10H18N2O3. The van der Waals surface area contributed by atoms with E-state index in [1.165, 1.54) is 7.11 Å². The number of methoxy groups -OCH3 is 1. The van der Waals surface area contributed by atoms with Crippen molar-refractivity contribution in [1.29, 1.82) is 0 Å². The van der Waals surface area contributed by atoms with Gasteiger partial charge in [0.15, 0.2) is 0 Å². The molecule has 0 radical (unpaired) electrons. The van der Waals surface area contributed by atoms with Crippen LogP contribution in [-0.4, -0.2) is 56.1 Å². The van der Waals surface area contributed by atoms with E-state index in [2.05, 4.69) is 4.74 Å². The minimum atomic E-state index is -0.341. The molecule has 1 unspecified atom stereocenters. The number of amides is 2. The third kappa shape index (κ3) is 2.84. The van der Waals surface area contributed by atoms with E-state index in [9.17, 15) is 9.59 Å². The van der Waals surface area contributed by atoms with Crippen LogP contribution in [0, 0.1) is 5.92 Å². The number of ether oxygens (including phenoxy) is 1. The molecule has 5 heteroatoms. The van der Waals surface area contributed by atoms with E-state index in [1.54, 1.807) is 23.9 Å². The Morgan fingerprint density at radius 3 is 2.60 bits per heavy atom. The molecule has 0 saturated carbocycles. The zero-order valence-electron chi connectivity index (χ0n) is 9.52. The average molecular weight is 214 g/mol. The molecule has 1 heterocycles. The summed E-state index contributed by atoms with van der Waals surface area (Å²) in [5.74, 6) is 0.0106. The van der Waals surface area contributed by atoms with Gasteiger partial charge in [-0.05, 0) is 12.8 Å². The summed E-state index contributed by atoms with van der Waals surface area (Å²) in [4.78, 5) is 26.2. The Morgan fingerprint density at radius 2 is 2.07 bits per heavy atom. The summed E-state index contributed by atoms with van der Waals surface area (Å²) in [6, 6.07) is 0. The largest absolute Gasteiger partial charge is 0.453 e. The molecule has 0 aromatic rings. The molecule has 0 N–H and O–H groups in total. The van der Waals surface area contributed by atoms with Crippen molar-refractivity contribution in [1.82, 2.24) is 9.80 Å². The molecule has 1 fully saturated rings. The summed E-state index contributed by atoms with van der Waals surface area (Å²) in [6.07, 6.45) is 1.37. The first-order chi connectivity index (χ1) is 7.06. The van der Waals surface area contributed by atoms with Crippen LogP contribution in [0.3, 0.4) is 0 Å². The van der Waals surface area contributed by atoms with Crippen molar-refractivity contribution >= 4 is 12.0 Å². The predicted molar refractivity (Wildman–Crippen MR) is 55.4 cm³/mol. The van der Waals surface area contributed by atoms with Crippen LogP contribution in [0.1, 0.15) is 12.8 Å². The van der Waals surface area contributed by atoms with Crippen LogP contribution in [0.4, 0.5) is 4.79 Å². The van der Waals surface area contributed by atoms with Crippen molar-refractivity contribution < 1.29 is 14.3 Å². The van der Waals surface area contributed by atoms with Gasteiger partial charge in [-0.2, -0.15) is 0 Å². The van der Waals surface area contributed by atoms with Crippen LogP contribution in [0.25, 0.3) is 0 Å². The average Bonchev–Trinajstić information content (AvgIpc) is 2.27. The Hall–Kier alpha value is -1.26. The van der Waals surface area contributed by atoms with Crippen LogP contribution in [0.15, 0.2) is 0 Å². The van der Waals surface area contributed by atoms with Gasteiger partial charge in [-0.25, -0.2) is 4.79 Å². The van der Waals surface area contributed by atoms with Gasteiger partial charge in [0.2, 0.25) is 5.91 Å². The molecule has 1 saturated heterocycles. The highest BCUT2D eigenvalue weighted by atomic mass is 16.5. The van der Waals surface area contributed by atoms with Crippen LogP contribution < -0.4 is 0 Å². The maximum Gasteiger partial charge on any atom is 0.409 e. The summed E-state index contributed by atoms with van der Waals surface area (Å²) in [6.45, 7) is 1.16. The van der Waals surface area contributed by atoms with Gasteiger partial charge in [-0.3, -0.25) is 4.79 Å². The van der Waals surface area contributed by atoms with Crippen molar-refractivity contribution in [3.8, 4) is 0 Å². The number of nitrogens with zero attached hydrogens (tertiary/aromatic N) is 2. The lowest BCUT2D eigenvalue weighted by Gasteiger charge is -2.32. The normalized spacial score (nSPS) is 21.0. The van der Waals surface area contributed by atoms with Gasteiger partial charge >= 0.3 is 6.09 Å². The molecular weight excluding hydrogens is 196 g/mol. The van der Waals surface area contributed by atoms with E-state index in [0.717, 1.165) is 12.8 Å². The maximum atomic E-state index is 11.7. The van der Waals surface area contributed by atoms with Crippen molar-refractivity contribution in [2.24, 2.45) is 5.92 Å². The summed E-state index contributed by atoms with van der Waals surface area (Å²) >= 11 is 0. The van der Waals surface area contributed by atoms with Gasteiger partial charge in [-0.1, -0.05) is 0 Å². The molecule has 2 amide bonds. The van der Waals surface area contributed by atoms with E-state index in [4.69, 9.17) is 0 Å². The Balaban J connectivity index is 2.56. The second-order valence-electron chi connectivity index (χ2n) is 3.99. The van der Waals surface area contributed by atoms with Gasteiger partial charge in [-0.15, -0.1) is 0 Å². The van der Waals surface area contributed by atoms with Crippen molar-refractivity contribution in [3.05, 3.63) is 0 Å². The van der Waals surface area contributed by atoms with Gasteiger partial charge in [0.25, 0.3) is 0 Å². The molecule has 5 nitrogen and oxygen atoms in total. The Labute approximate surface area is 90.0 Å². The number of piperidine rings is 1. The van der Waals surface area contributed by atoms with Crippen molar-refractivity contribution in [3.63, 3.8) is 0 Å². The van der Waals surface area contributed by atoms with E-state index in [1.807, 2.05) is 0 Å². The number of carbonyl (C=O) groups excluding carboxylic acids is 2. The smallest absolute Gasteiger partial charge is 0.409 e. The molecule has 0 bridgehead atoms. The quantitative estimate of drug-likeness (QED) is 0.640. The first-order valence-electron chi connectivity index (χ1n) is 5.10. The zero-order chi connectivity index (χ0) is 11.4. The molecule has 86 valence electrons. The van der Waals surface area contributed by atoms with Crippen LogP contribution in [0.2, 0.25) is 0 Å². The van der Waals surface area contributed by atoms with E-state index >= 15 is 0 Å². The van der Waals surface area contributed by atoms with Crippen molar-refractivity contribution in [2.75, 3.05) is 34.3 Å². The third-order valence-electron chi connectivity index (χ3n) is 2.64. The highest BCUT2D eigenvalue weighted by Crippen LogP contribution is 2.18. The highest BCUT2D eigenvalue weighted by Gasteiger charge is 2.29. The lowest BCUT2D eigenvalue weighted by molar-refractivity contribution is -0.134. The molecule has 0 aromatic heterocycles. The number of hydrogen-bond donors (Lipinski definition) is 0. The second kappa shape index (κ2) is 5.00. The lowest BCUT2D eigenvalue weighted by Crippen LogP contribution is -2.45. The fourth-order valence-electron chi connectivity index (χ4n) is 1.84. The first kappa shape index (κ1) is 11.8. The Kier molecular flexibility index (Phi) is 3.94. The number of hydrogen-bond acceptors (Lipinski definition) is 3. The molecule has 0 aliphatic carbocycles. The highest BCUT2D eigenvalue weighted by molar-refractivity contribution is 5.79. The van der Waals surface area contributed by atoms with Gasteiger partial charge in [0.1, 0.15) is 0 Å². The Bertz CT molecular complexity index is 253. The number of likely N-dealkylation sites (tertiary alicyclic amines) is 1. The van der Waals surface area contributed by atoms with Crippen LogP contribution >= 0.6 is 0 Å². The van der Waals surface area contributed by atoms with Crippen LogP contribution in [0.5, 0.6) is 0 Å². The maximum absolute atomic E-state index is 11.7. The van der Waals surface area contributed by atoms with Gasteiger partial charge < -0.3 is 14.5 Å². The third-order valence-corrected chi connectivity index (χ3v) is 2.64. The molecule has 0 aromatic carbocycles. The number of carbonyl (C=O) groups is 2. The summed E-state index contributed by atoms with van der Waals surface area (Å²) in [5.41, 5.74) is 0. The summed E-state index contributed by atoms with van der Waals surface area (Å²) in [5, 5.41) is 0. The molecule has 1 aliphatic rings. The summed E-state index contributed by atoms with van der Waals surface area (Å²) < 4.78 is 4.64. The van der Waals surface area contributed by atoms with Gasteiger partial charge in [0, 0.05) is 27.2 Å². The van der Waals surface area contributed by atoms with E-state index in [-0.39, 0.29) is 17.9 Å². The lowest BCUT2D eigenvalue weighted by atomic mass is 9.97. The SMILES string of the molecule is COC(=O)N1CCCC(C(=O)N(C)C)C1. The monoisotopic (exact) mass is 214 g/mol. The first-order valence-corrected chi connectivity index (χ1v) is 5.10. The minimum absolute atomic E-state index is 0.0761. The molecule has 1 aliphatic heterocycles. The fraction of sp³-hybridized carbons (Fsp3) is 0.800. The molecule has 1 rings (SSSR count). The van der Waals surface area contributed by atoms with E-state index in [0.29, 0.717) is 13.1 Å². The van der Waals surface area contributed by atoms with E-state index < -0.39 is 0 Å². The second-order valence-corrected chi connectivity index (χ2v) is 3.99. The minimum Gasteiger partial charge on any atom is -0.453 e. The van der Waals surface area contributed by atoms with Crippen LogP contribution in [-0.2, 0) is 9.53 Å². The number of rotatable bonds is 1. The molecule has 0 spiro atoms. The fourth-order valence-corrected chi connectivity index (χ4v) is 1.84. The predicted octanol–water partition coefficient (Wildman–Crippen LogP) is 0.553. The molecule has 15 heavy (non-hydrogen) atoms. The van der Waals surface area contributed by atoms with Gasteiger partial charge in [0.05, 0.1) is 13.0 Å². The topological polar surface area (TPSA) is 49.9 Å². The summed E-state index contributed by atoms with van der Waals surface area (Å²) in [7, 11) is 4.83. The van der Waals surface area contributed by atoms with Crippen molar-refractivity contribution in [2.45, 2.75) is 12.8 Å².